The van der Waals surface area contributed by atoms with Gasteiger partial charge in [-0.05, 0) is 50.0 Å². The van der Waals surface area contributed by atoms with Gasteiger partial charge < -0.3 is 16.0 Å². The van der Waals surface area contributed by atoms with Crippen LogP contribution >= 0.6 is 0 Å². The zero-order chi connectivity index (χ0) is 26.6. The van der Waals surface area contributed by atoms with E-state index in [1.807, 2.05) is 10.8 Å². The molecule has 1 aromatic carbocycles. The van der Waals surface area contributed by atoms with Gasteiger partial charge >= 0.3 is 0 Å². The first-order chi connectivity index (χ1) is 18.5. The number of anilines is 2. The molecule has 38 heavy (non-hydrogen) atoms. The van der Waals surface area contributed by atoms with Crippen molar-refractivity contribution in [1.29, 1.82) is 5.26 Å². The number of amides is 2. The number of hydrogen-bond donors (Lipinski definition) is 2. The largest absolute Gasteiger partial charge is 0.383 e. The van der Waals surface area contributed by atoms with Crippen LogP contribution in [0.4, 0.5) is 11.6 Å². The highest BCUT2D eigenvalue weighted by Crippen LogP contribution is 2.33. The summed E-state index contributed by atoms with van der Waals surface area (Å²) in [5, 5.41) is 17.2. The molecule has 0 saturated carbocycles. The van der Waals surface area contributed by atoms with E-state index in [9.17, 15) is 9.59 Å². The molecule has 5 rings (SSSR count). The normalized spacial score (nSPS) is 14.8. The minimum atomic E-state index is -0.362. The Bertz CT molecular complexity index is 1640. The maximum Gasteiger partial charge on any atom is 0.298 e. The topological polar surface area (TPSA) is 156 Å². The van der Waals surface area contributed by atoms with Crippen molar-refractivity contribution >= 4 is 34.5 Å². The van der Waals surface area contributed by atoms with Gasteiger partial charge in [0, 0.05) is 30.4 Å². The van der Waals surface area contributed by atoms with Crippen molar-refractivity contribution in [3.63, 3.8) is 0 Å². The van der Waals surface area contributed by atoms with Crippen LogP contribution < -0.4 is 11.1 Å². The molecular weight excluding hydrogens is 482 g/mol. The van der Waals surface area contributed by atoms with Crippen molar-refractivity contribution in [3.05, 3.63) is 60.0 Å². The number of hydrogen-bond acceptors (Lipinski definition) is 8. The van der Waals surface area contributed by atoms with Crippen LogP contribution in [0, 0.1) is 23.2 Å². The molecule has 4 heterocycles. The number of carbonyl (C=O) groups is 2. The molecule has 1 fully saturated rings. The Labute approximate surface area is 218 Å². The van der Waals surface area contributed by atoms with Crippen LogP contribution in [-0.4, -0.2) is 54.5 Å². The Balaban J connectivity index is 1.45. The van der Waals surface area contributed by atoms with Crippen LogP contribution in [0.25, 0.3) is 22.3 Å². The van der Waals surface area contributed by atoms with Crippen LogP contribution in [0.3, 0.4) is 0 Å². The standard InChI is InChI=1S/C27H23N9O2/c1-2-4-22(37)35-12-3-5-20(15-35)36-26-23(25(29)31-16-32-26)24(34-36)18-6-8-19(9-7-18)27(38)33-21-13-17(14-28)10-11-30-21/h6-11,13,16,20H,3,5,12,15H2,1H3,(H2,29,31,32)(H,30,33,38)/t20-/m1/s1. The number of fused-ring (bicyclic) bond motifs is 1. The molecule has 0 spiro atoms. The molecule has 3 aromatic heterocycles. The quantitative estimate of drug-likeness (QED) is 0.401. The third-order valence-corrected chi connectivity index (χ3v) is 6.33. The molecule has 1 atom stereocenters. The molecule has 3 N–H and O–H groups in total. The maximum absolute atomic E-state index is 12.7. The average molecular weight is 506 g/mol. The number of pyridine rings is 1. The number of aromatic nitrogens is 5. The molecule has 188 valence electrons. The van der Waals surface area contributed by atoms with Gasteiger partial charge in [0.05, 0.1) is 23.1 Å². The number of nitrogens with zero attached hydrogens (tertiary/aromatic N) is 7. The molecule has 0 bridgehead atoms. The molecule has 0 radical (unpaired) electrons. The van der Waals surface area contributed by atoms with E-state index in [1.54, 1.807) is 42.2 Å². The number of piperidine rings is 1. The molecule has 11 nitrogen and oxygen atoms in total. The summed E-state index contributed by atoms with van der Waals surface area (Å²) in [6, 6.07) is 11.9. The van der Waals surface area contributed by atoms with Crippen molar-refractivity contribution in [2.24, 2.45) is 0 Å². The first-order valence-corrected chi connectivity index (χ1v) is 12.0. The Kier molecular flexibility index (Phi) is 6.66. The van der Waals surface area contributed by atoms with Gasteiger partial charge in [0.1, 0.15) is 23.7 Å². The smallest absolute Gasteiger partial charge is 0.298 e. The Morgan fingerprint density at radius 3 is 2.74 bits per heavy atom. The summed E-state index contributed by atoms with van der Waals surface area (Å²) in [6.07, 6.45) is 4.50. The second-order valence-electron chi connectivity index (χ2n) is 8.75. The number of nitrogen functional groups attached to an aromatic ring is 1. The summed E-state index contributed by atoms with van der Waals surface area (Å²) in [6.45, 7) is 2.76. The summed E-state index contributed by atoms with van der Waals surface area (Å²) in [5.74, 6) is 5.30. The number of likely N-dealkylation sites (tertiary alicyclic amines) is 1. The second kappa shape index (κ2) is 10.4. The summed E-state index contributed by atoms with van der Waals surface area (Å²) in [7, 11) is 0. The van der Waals surface area contributed by atoms with Crippen molar-refractivity contribution in [2.45, 2.75) is 25.8 Å². The van der Waals surface area contributed by atoms with Crippen LogP contribution in [0.1, 0.15) is 41.7 Å². The van der Waals surface area contributed by atoms with Gasteiger partial charge in [0.25, 0.3) is 11.8 Å². The third kappa shape index (κ3) is 4.73. The molecule has 1 aliphatic heterocycles. The van der Waals surface area contributed by atoms with E-state index in [4.69, 9.17) is 16.1 Å². The number of nitriles is 1. The average Bonchev–Trinajstić information content (AvgIpc) is 3.34. The Morgan fingerprint density at radius 2 is 1.97 bits per heavy atom. The van der Waals surface area contributed by atoms with Gasteiger partial charge in [-0.2, -0.15) is 10.4 Å². The lowest BCUT2D eigenvalue weighted by atomic mass is 10.1. The summed E-state index contributed by atoms with van der Waals surface area (Å²) >= 11 is 0. The van der Waals surface area contributed by atoms with Crippen LogP contribution in [-0.2, 0) is 4.79 Å². The fourth-order valence-corrected chi connectivity index (χ4v) is 4.51. The molecule has 2 amide bonds. The Hall–Kier alpha value is -5.29. The van der Waals surface area contributed by atoms with Gasteiger partial charge in [0.2, 0.25) is 0 Å². The lowest BCUT2D eigenvalue weighted by Crippen LogP contribution is -2.40. The SMILES string of the molecule is CC#CC(=O)N1CCC[C@@H](n2nc(-c3ccc(C(=O)Nc4cc(C#N)ccn4)cc3)c3c(N)ncnc32)C1. The van der Waals surface area contributed by atoms with Crippen molar-refractivity contribution in [1.82, 2.24) is 29.6 Å². The number of benzene rings is 1. The predicted octanol–water partition coefficient (Wildman–Crippen LogP) is 2.78. The first kappa shape index (κ1) is 24.4. The fraction of sp³-hybridized carbons (Fsp3) is 0.222. The van der Waals surface area contributed by atoms with Crippen molar-refractivity contribution < 1.29 is 9.59 Å². The first-order valence-electron chi connectivity index (χ1n) is 12.0. The van der Waals surface area contributed by atoms with Gasteiger partial charge in [-0.25, -0.2) is 19.6 Å². The van der Waals surface area contributed by atoms with Crippen LogP contribution in [0.15, 0.2) is 48.9 Å². The van der Waals surface area contributed by atoms with Gasteiger partial charge in [-0.3, -0.25) is 9.59 Å². The zero-order valence-corrected chi connectivity index (χ0v) is 20.5. The highest BCUT2D eigenvalue weighted by atomic mass is 16.2. The van der Waals surface area contributed by atoms with Gasteiger partial charge in [0.15, 0.2) is 5.65 Å². The summed E-state index contributed by atoms with van der Waals surface area (Å²) in [4.78, 5) is 39.6. The number of nitrogens with two attached hydrogens (primary N) is 1. The number of carbonyl (C=O) groups excluding carboxylic acids is 2. The monoisotopic (exact) mass is 505 g/mol. The van der Waals surface area contributed by atoms with Crippen LogP contribution in [0.5, 0.6) is 0 Å². The van der Waals surface area contributed by atoms with E-state index in [0.717, 1.165) is 18.4 Å². The van der Waals surface area contributed by atoms with Crippen LogP contribution in [0.2, 0.25) is 0 Å². The van der Waals surface area contributed by atoms with E-state index in [1.165, 1.54) is 18.6 Å². The van der Waals surface area contributed by atoms with E-state index in [0.29, 0.717) is 46.8 Å². The second-order valence-corrected chi connectivity index (χ2v) is 8.75. The fourth-order valence-electron chi connectivity index (χ4n) is 4.51. The lowest BCUT2D eigenvalue weighted by molar-refractivity contribution is -0.126. The highest BCUT2D eigenvalue weighted by molar-refractivity contribution is 6.04. The van der Waals surface area contributed by atoms with E-state index < -0.39 is 0 Å². The zero-order valence-electron chi connectivity index (χ0n) is 20.5. The minimum absolute atomic E-state index is 0.0985. The molecule has 1 saturated heterocycles. The third-order valence-electron chi connectivity index (χ3n) is 6.33. The predicted molar refractivity (Wildman–Crippen MR) is 140 cm³/mol. The molecular formula is C27H23N9O2. The van der Waals surface area contributed by atoms with E-state index in [2.05, 4.69) is 32.1 Å². The Morgan fingerprint density at radius 1 is 1.16 bits per heavy atom. The number of nitrogens with one attached hydrogen (secondary N) is 1. The number of rotatable bonds is 4. The van der Waals surface area contributed by atoms with Gasteiger partial charge in [-0.15, -0.1) is 0 Å². The van der Waals surface area contributed by atoms with E-state index >= 15 is 0 Å². The summed E-state index contributed by atoms with van der Waals surface area (Å²) in [5.41, 5.74) is 8.97. The van der Waals surface area contributed by atoms with Crippen molar-refractivity contribution in [2.75, 3.05) is 24.1 Å². The molecule has 11 heteroatoms. The molecule has 1 aliphatic rings. The molecule has 0 aliphatic carbocycles. The molecule has 4 aromatic rings. The minimum Gasteiger partial charge on any atom is -0.383 e. The highest BCUT2D eigenvalue weighted by Gasteiger charge is 2.28. The van der Waals surface area contributed by atoms with Gasteiger partial charge in [-0.1, -0.05) is 18.1 Å². The molecule has 0 unspecified atom stereocenters. The summed E-state index contributed by atoms with van der Waals surface area (Å²) < 4.78 is 1.82. The maximum atomic E-state index is 12.7. The lowest BCUT2D eigenvalue weighted by Gasteiger charge is -2.31. The van der Waals surface area contributed by atoms with Crippen molar-refractivity contribution in [3.8, 4) is 29.2 Å². The van der Waals surface area contributed by atoms with E-state index in [-0.39, 0.29) is 23.7 Å².